The predicted octanol–water partition coefficient (Wildman–Crippen LogP) is 0.858. The molecule has 1 fully saturated rings. The number of hydrogen-bond donors (Lipinski definition) is 2. The number of anilines is 1. The molecule has 0 saturated carbocycles. The van der Waals surface area contributed by atoms with Crippen molar-refractivity contribution in [1.29, 1.82) is 0 Å². The van der Waals surface area contributed by atoms with Gasteiger partial charge in [-0.25, -0.2) is 0 Å². The van der Waals surface area contributed by atoms with Crippen molar-refractivity contribution >= 4 is 5.82 Å². The zero-order valence-corrected chi connectivity index (χ0v) is 11.1. The molecular weight excluding hydrogens is 216 g/mol. The van der Waals surface area contributed by atoms with Crippen LogP contribution < -0.4 is 16.0 Å². The van der Waals surface area contributed by atoms with E-state index in [4.69, 9.17) is 4.52 Å². The van der Waals surface area contributed by atoms with Gasteiger partial charge in [-0.1, -0.05) is 19.0 Å². The van der Waals surface area contributed by atoms with E-state index in [1.807, 2.05) is 0 Å². The van der Waals surface area contributed by atoms with Crippen molar-refractivity contribution in [3.8, 4) is 0 Å². The van der Waals surface area contributed by atoms with Crippen LogP contribution in [-0.2, 0) is 6.42 Å². The molecule has 1 aliphatic heterocycles. The lowest BCUT2D eigenvalue weighted by Gasteiger charge is -2.26. The van der Waals surface area contributed by atoms with Gasteiger partial charge in [0.05, 0.1) is 0 Å². The minimum Gasteiger partial charge on any atom is -0.359 e. The summed E-state index contributed by atoms with van der Waals surface area (Å²) in [7, 11) is 1.50. The highest BCUT2D eigenvalue weighted by molar-refractivity contribution is 5.38. The molecule has 2 rings (SSSR count). The van der Waals surface area contributed by atoms with Gasteiger partial charge in [-0.15, -0.1) is 0 Å². The maximum Gasteiger partial charge on any atom is 0.172 e. The van der Waals surface area contributed by atoms with Crippen LogP contribution in [-0.4, -0.2) is 38.4 Å². The van der Waals surface area contributed by atoms with E-state index < -0.39 is 0 Å². The van der Waals surface area contributed by atoms with Crippen LogP contribution in [0.3, 0.4) is 0 Å². The third-order valence-electron chi connectivity index (χ3n) is 2.60. The molecular formula is C12H24N4O. The molecule has 0 aliphatic carbocycles. The Morgan fingerprint density at radius 3 is 2.65 bits per heavy atom. The summed E-state index contributed by atoms with van der Waals surface area (Å²) >= 11 is 0. The van der Waals surface area contributed by atoms with E-state index in [2.05, 4.69) is 41.0 Å². The molecule has 1 aromatic heterocycles. The Bertz CT molecular complexity index is 305. The lowest BCUT2D eigenvalue weighted by molar-refractivity contribution is 0.368. The van der Waals surface area contributed by atoms with E-state index in [-0.39, 0.29) is 0 Å². The van der Waals surface area contributed by atoms with Crippen LogP contribution in [0.1, 0.15) is 19.6 Å². The highest BCUT2D eigenvalue weighted by atomic mass is 16.5. The molecule has 0 bridgehead atoms. The van der Waals surface area contributed by atoms with E-state index in [0.717, 1.165) is 44.2 Å². The Morgan fingerprint density at radius 2 is 2.06 bits per heavy atom. The van der Waals surface area contributed by atoms with E-state index in [1.54, 1.807) is 0 Å². The minimum atomic E-state index is 0.619. The first-order valence-electron chi connectivity index (χ1n) is 6.24. The van der Waals surface area contributed by atoms with Crippen LogP contribution in [0.25, 0.3) is 0 Å². The van der Waals surface area contributed by atoms with Crippen LogP contribution in [0.5, 0.6) is 0 Å². The van der Waals surface area contributed by atoms with Gasteiger partial charge in [-0.3, -0.25) is 0 Å². The van der Waals surface area contributed by atoms with Crippen molar-refractivity contribution in [2.45, 2.75) is 20.3 Å². The molecule has 0 amide bonds. The summed E-state index contributed by atoms with van der Waals surface area (Å²) < 4.78 is 5.32. The third kappa shape index (κ3) is 4.36. The van der Waals surface area contributed by atoms with Gasteiger partial charge in [0.2, 0.25) is 0 Å². The summed E-state index contributed by atoms with van der Waals surface area (Å²) in [6, 6.07) is 2.07. The molecule has 98 valence electrons. The van der Waals surface area contributed by atoms with Crippen molar-refractivity contribution in [3.63, 3.8) is 0 Å². The number of nitrogens with zero attached hydrogens (tertiary/aromatic N) is 2. The van der Waals surface area contributed by atoms with Gasteiger partial charge in [0, 0.05) is 38.7 Å². The number of aromatic nitrogens is 1. The van der Waals surface area contributed by atoms with Crippen LogP contribution >= 0.6 is 0 Å². The molecule has 1 aromatic rings. The summed E-state index contributed by atoms with van der Waals surface area (Å²) in [4.78, 5) is 2.27. The predicted molar refractivity (Wildman–Crippen MR) is 70.2 cm³/mol. The van der Waals surface area contributed by atoms with Crippen molar-refractivity contribution < 1.29 is 4.52 Å². The molecule has 5 heteroatoms. The Balaban J connectivity index is 0.000000686. The van der Waals surface area contributed by atoms with E-state index in [9.17, 15) is 0 Å². The molecule has 5 nitrogen and oxygen atoms in total. The lowest BCUT2D eigenvalue weighted by atomic mass is 10.1. The molecule has 3 N–H and O–H groups in total. The first kappa shape index (κ1) is 14.0. The summed E-state index contributed by atoms with van der Waals surface area (Å²) in [6.07, 6.45) is 0.971. The smallest absolute Gasteiger partial charge is 0.172 e. The Kier molecular flexibility index (Phi) is 6.00. The van der Waals surface area contributed by atoms with Crippen molar-refractivity contribution in [2.24, 2.45) is 11.7 Å². The monoisotopic (exact) mass is 240 g/mol. The average molecular weight is 240 g/mol. The first-order chi connectivity index (χ1) is 8.25. The molecule has 0 atom stereocenters. The van der Waals surface area contributed by atoms with E-state index in [1.165, 1.54) is 7.05 Å². The minimum absolute atomic E-state index is 0.619. The number of nitrogens with one attached hydrogen (secondary N) is 1. The Hall–Kier alpha value is -1.07. The molecule has 0 aromatic carbocycles. The van der Waals surface area contributed by atoms with Crippen molar-refractivity contribution in [1.82, 2.24) is 10.5 Å². The maximum absolute atomic E-state index is 5.32. The first-order valence-corrected chi connectivity index (χ1v) is 6.24. The topological polar surface area (TPSA) is 67.3 Å². The molecule has 1 saturated heterocycles. The second-order valence-electron chi connectivity index (χ2n) is 4.49. The molecule has 0 radical (unpaired) electrons. The van der Waals surface area contributed by atoms with Crippen molar-refractivity contribution in [3.05, 3.63) is 11.8 Å². The van der Waals surface area contributed by atoms with Gasteiger partial charge in [0.1, 0.15) is 5.76 Å². The standard InChI is InChI=1S/C11H19N3O.CH5N/c1-9(2)7-10-8-11(13-15-10)14-5-3-12-4-6-14;1-2/h8-9,12H,3-7H2,1-2H3;2H2,1H3. The zero-order chi connectivity index (χ0) is 12.7. The molecule has 0 unspecified atom stereocenters. The average Bonchev–Trinajstić information content (AvgIpc) is 2.80. The summed E-state index contributed by atoms with van der Waals surface area (Å²) in [5.41, 5.74) is 4.50. The SMILES string of the molecule is CC(C)Cc1cc(N2CCNCC2)no1.CN. The van der Waals surface area contributed by atoms with Gasteiger partial charge < -0.3 is 20.5 Å². The van der Waals surface area contributed by atoms with Gasteiger partial charge in [-0.2, -0.15) is 0 Å². The maximum atomic E-state index is 5.32. The summed E-state index contributed by atoms with van der Waals surface area (Å²) in [6.45, 7) is 8.49. The number of rotatable bonds is 3. The van der Waals surface area contributed by atoms with E-state index >= 15 is 0 Å². The fraction of sp³-hybridized carbons (Fsp3) is 0.750. The largest absolute Gasteiger partial charge is 0.359 e. The Labute approximate surface area is 103 Å². The number of hydrogen-bond acceptors (Lipinski definition) is 5. The molecule has 2 heterocycles. The third-order valence-corrected chi connectivity index (χ3v) is 2.60. The second-order valence-corrected chi connectivity index (χ2v) is 4.49. The summed E-state index contributed by atoms with van der Waals surface area (Å²) in [5.74, 6) is 2.61. The number of nitrogens with two attached hydrogens (primary N) is 1. The number of piperazine rings is 1. The van der Waals surface area contributed by atoms with Crippen LogP contribution in [0.15, 0.2) is 10.6 Å². The Morgan fingerprint density at radius 1 is 1.41 bits per heavy atom. The van der Waals surface area contributed by atoms with Gasteiger partial charge >= 0.3 is 0 Å². The fourth-order valence-corrected chi connectivity index (χ4v) is 1.84. The molecule has 17 heavy (non-hydrogen) atoms. The normalized spacial score (nSPS) is 15.7. The molecule has 1 aliphatic rings. The van der Waals surface area contributed by atoms with Gasteiger partial charge in [0.25, 0.3) is 0 Å². The van der Waals surface area contributed by atoms with Gasteiger partial charge in [-0.05, 0) is 13.0 Å². The highest BCUT2D eigenvalue weighted by Gasteiger charge is 2.14. The lowest BCUT2D eigenvalue weighted by Crippen LogP contribution is -2.43. The fourth-order valence-electron chi connectivity index (χ4n) is 1.84. The van der Waals surface area contributed by atoms with E-state index in [0.29, 0.717) is 5.92 Å². The van der Waals surface area contributed by atoms with Gasteiger partial charge in [0.15, 0.2) is 5.82 Å². The molecule has 0 spiro atoms. The van der Waals surface area contributed by atoms with Crippen LogP contribution in [0.4, 0.5) is 5.82 Å². The van der Waals surface area contributed by atoms with Crippen LogP contribution in [0.2, 0.25) is 0 Å². The zero-order valence-electron chi connectivity index (χ0n) is 11.1. The second kappa shape index (κ2) is 7.29. The quantitative estimate of drug-likeness (QED) is 0.820. The van der Waals surface area contributed by atoms with Crippen LogP contribution in [0, 0.1) is 5.92 Å². The summed E-state index contributed by atoms with van der Waals surface area (Å²) in [5, 5.41) is 7.44. The highest BCUT2D eigenvalue weighted by Crippen LogP contribution is 2.17. The van der Waals surface area contributed by atoms with Crippen molar-refractivity contribution in [2.75, 3.05) is 38.1 Å².